The van der Waals surface area contributed by atoms with Gasteiger partial charge in [0.2, 0.25) is 0 Å². The lowest BCUT2D eigenvalue weighted by Gasteiger charge is -2.31. The van der Waals surface area contributed by atoms with E-state index in [1.165, 1.54) is 24.7 Å². The van der Waals surface area contributed by atoms with Gasteiger partial charge in [-0.05, 0) is 42.7 Å². The van der Waals surface area contributed by atoms with Crippen LogP contribution in [0.15, 0.2) is 42.9 Å². The van der Waals surface area contributed by atoms with Crippen molar-refractivity contribution in [3.8, 4) is 6.07 Å². The molecule has 0 radical (unpaired) electrons. The molecule has 0 bridgehead atoms. The fraction of sp³-hybridized carbons (Fsp3) is 0.333. The van der Waals surface area contributed by atoms with Crippen LogP contribution in [0.25, 0.3) is 0 Å². The molecular formula is C24H24F2N6O. The number of anilines is 2. The molecule has 0 fully saturated rings. The highest BCUT2D eigenvalue weighted by molar-refractivity contribution is 5.62. The molecule has 0 amide bonds. The highest BCUT2D eigenvalue weighted by Crippen LogP contribution is 2.30. The van der Waals surface area contributed by atoms with E-state index in [2.05, 4.69) is 31.2 Å². The monoisotopic (exact) mass is 450 g/mol. The van der Waals surface area contributed by atoms with Crippen LogP contribution in [-0.4, -0.2) is 33.1 Å². The number of nitrogens with one attached hydrogen (secondary N) is 1. The topological polar surface area (TPSA) is 98.0 Å². The first-order valence-corrected chi connectivity index (χ1v) is 10.7. The summed E-state index contributed by atoms with van der Waals surface area (Å²) < 4.78 is 25.3. The van der Waals surface area contributed by atoms with Crippen molar-refractivity contribution in [3.05, 3.63) is 76.5 Å². The molecular weight excluding hydrogens is 426 g/mol. The van der Waals surface area contributed by atoms with Gasteiger partial charge in [-0.1, -0.05) is 12.1 Å². The van der Waals surface area contributed by atoms with E-state index in [0.717, 1.165) is 35.5 Å². The molecule has 3 heterocycles. The van der Waals surface area contributed by atoms with Gasteiger partial charge in [0.05, 0.1) is 23.0 Å². The van der Waals surface area contributed by atoms with Crippen LogP contribution in [0, 0.1) is 18.3 Å². The Labute approximate surface area is 190 Å². The molecule has 170 valence electrons. The molecule has 0 spiro atoms. The van der Waals surface area contributed by atoms with Gasteiger partial charge in [0.25, 0.3) is 6.43 Å². The molecule has 2 N–H and O–H groups in total. The minimum atomic E-state index is -2.63. The summed E-state index contributed by atoms with van der Waals surface area (Å²) in [5.41, 5.74) is 4.66. The highest BCUT2D eigenvalue weighted by atomic mass is 19.3. The van der Waals surface area contributed by atoms with Crippen LogP contribution in [0.4, 0.5) is 20.3 Å². The van der Waals surface area contributed by atoms with Gasteiger partial charge in [0.1, 0.15) is 23.9 Å². The highest BCUT2D eigenvalue weighted by Gasteiger charge is 2.23. The van der Waals surface area contributed by atoms with Crippen LogP contribution in [0.1, 0.15) is 52.6 Å². The van der Waals surface area contributed by atoms with E-state index in [4.69, 9.17) is 0 Å². The number of halogens is 2. The number of hydrogen-bond acceptors (Lipinski definition) is 7. The third-order valence-corrected chi connectivity index (χ3v) is 5.74. The maximum Gasteiger partial charge on any atom is 0.280 e. The van der Waals surface area contributed by atoms with Crippen molar-refractivity contribution in [2.75, 3.05) is 23.3 Å². The van der Waals surface area contributed by atoms with Crippen molar-refractivity contribution >= 4 is 11.5 Å². The van der Waals surface area contributed by atoms with Crippen molar-refractivity contribution in [2.24, 2.45) is 0 Å². The van der Waals surface area contributed by atoms with Gasteiger partial charge in [-0.25, -0.2) is 18.7 Å². The fourth-order valence-corrected chi connectivity index (χ4v) is 3.95. The number of nitriles is 1. The van der Waals surface area contributed by atoms with Crippen LogP contribution in [0.2, 0.25) is 0 Å². The molecule has 0 aliphatic carbocycles. The lowest BCUT2D eigenvalue weighted by atomic mass is 10.0. The number of benzene rings is 1. The zero-order chi connectivity index (χ0) is 23.4. The molecule has 1 aliphatic rings. The largest absolute Gasteiger partial charge is 0.388 e. The summed E-state index contributed by atoms with van der Waals surface area (Å²) in [4.78, 5) is 14.7. The molecule has 0 saturated heterocycles. The SMILES string of the molecule is Cc1ccc(N2CCc3ncnc(NCC[C@@H](O)c4ccc(C(F)F)nc4)c3C2)c(C#N)c1. The summed E-state index contributed by atoms with van der Waals surface area (Å²) in [5.74, 6) is 0.689. The number of alkyl halides is 2. The molecule has 1 aromatic carbocycles. The Morgan fingerprint density at radius 3 is 2.79 bits per heavy atom. The van der Waals surface area contributed by atoms with E-state index in [1.807, 2.05) is 25.1 Å². The summed E-state index contributed by atoms with van der Waals surface area (Å²) in [7, 11) is 0. The van der Waals surface area contributed by atoms with E-state index in [-0.39, 0.29) is 5.69 Å². The van der Waals surface area contributed by atoms with Crippen molar-refractivity contribution in [3.63, 3.8) is 0 Å². The normalized spacial score (nSPS) is 14.0. The predicted octanol–water partition coefficient (Wildman–Crippen LogP) is 4.09. The average Bonchev–Trinajstić information content (AvgIpc) is 2.83. The lowest BCUT2D eigenvalue weighted by Crippen LogP contribution is -2.32. The number of aliphatic hydroxyl groups excluding tert-OH is 1. The molecule has 7 nitrogen and oxygen atoms in total. The number of aromatic nitrogens is 3. The molecule has 0 saturated carbocycles. The quantitative estimate of drug-likeness (QED) is 0.560. The molecule has 1 aliphatic heterocycles. The Kier molecular flexibility index (Phi) is 6.75. The first-order chi connectivity index (χ1) is 16.0. The maximum absolute atomic E-state index is 12.7. The smallest absolute Gasteiger partial charge is 0.280 e. The summed E-state index contributed by atoms with van der Waals surface area (Å²) in [6.45, 7) is 3.71. The third-order valence-electron chi connectivity index (χ3n) is 5.74. The van der Waals surface area contributed by atoms with Crippen LogP contribution >= 0.6 is 0 Å². The van der Waals surface area contributed by atoms with Gasteiger partial charge >= 0.3 is 0 Å². The number of rotatable bonds is 7. The summed E-state index contributed by atoms with van der Waals surface area (Å²) >= 11 is 0. The van der Waals surface area contributed by atoms with Crippen molar-refractivity contribution in [1.82, 2.24) is 15.0 Å². The Morgan fingerprint density at radius 2 is 2.06 bits per heavy atom. The van der Waals surface area contributed by atoms with Crippen LogP contribution in [0.5, 0.6) is 0 Å². The van der Waals surface area contributed by atoms with E-state index in [1.54, 1.807) is 0 Å². The predicted molar refractivity (Wildman–Crippen MR) is 120 cm³/mol. The number of fused-ring (bicyclic) bond motifs is 1. The first kappa shape index (κ1) is 22.6. The standard InChI is InChI=1S/C24H24F2N6O/c1-15-2-5-21(17(10-15)11-27)32-9-7-19-18(13-32)24(31-14-30-19)28-8-6-22(33)16-3-4-20(23(25)26)29-12-16/h2-5,10,12,14,22-23,33H,6-9,13H2,1H3,(H,28,30,31)/t22-/m1/s1. The van der Waals surface area contributed by atoms with E-state index >= 15 is 0 Å². The lowest BCUT2D eigenvalue weighted by molar-refractivity contribution is 0.145. The van der Waals surface area contributed by atoms with Crippen molar-refractivity contribution < 1.29 is 13.9 Å². The van der Waals surface area contributed by atoms with E-state index in [9.17, 15) is 19.1 Å². The van der Waals surface area contributed by atoms with Crippen LogP contribution in [-0.2, 0) is 13.0 Å². The van der Waals surface area contributed by atoms with Gasteiger partial charge in [0.15, 0.2) is 0 Å². The number of hydrogen-bond donors (Lipinski definition) is 2. The molecule has 1 atom stereocenters. The Hall–Kier alpha value is -3.64. The second-order valence-electron chi connectivity index (χ2n) is 8.00. The van der Waals surface area contributed by atoms with E-state index in [0.29, 0.717) is 36.5 Å². The van der Waals surface area contributed by atoms with Gasteiger partial charge in [0, 0.05) is 37.8 Å². The Morgan fingerprint density at radius 1 is 1.21 bits per heavy atom. The zero-order valence-electron chi connectivity index (χ0n) is 18.2. The first-order valence-electron chi connectivity index (χ1n) is 10.7. The zero-order valence-corrected chi connectivity index (χ0v) is 18.2. The Bertz CT molecular complexity index is 1160. The molecule has 2 aromatic heterocycles. The third kappa shape index (κ3) is 5.07. The molecule has 4 rings (SSSR count). The molecule has 9 heteroatoms. The number of pyridine rings is 1. The summed E-state index contributed by atoms with van der Waals surface area (Å²) in [6.07, 6.45) is 0.421. The minimum Gasteiger partial charge on any atom is -0.388 e. The molecule has 3 aromatic rings. The van der Waals surface area contributed by atoms with Gasteiger partial charge in [-0.3, -0.25) is 4.98 Å². The molecule has 33 heavy (non-hydrogen) atoms. The van der Waals surface area contributed by atoms with Crippen molar-refractivity contribution in [2.45, 2.75) is 38.8 Å². The van der Waals surface area contributed by atoms with Crippen LogP contribution in [0.3, 0.4) is 0 Å². The maximum atomic E-state index is 12.7. The number of aliphatic hydroxyl groups is 1. The Balaban J connectivity index is 1.43. The van der Waals surface area contributed by atoms with E-state index < -0.39 is 12.5 Å². The number of nitrogens with zero attached hydrogens (tertiary/aromatic N) is 5. The number of aryl methyl sites for hydroxylation is 1. The van der Waals surface area contributed by atoms with Gasteiger partial charge < -0.3 is 15.3 Å². The second-order valence-corrected chi connectivity index (χ2v) is 8.00. The summed E-state index contributed by atoms with van der Waals surface area (Å²) in [6, 6.07) is 10.8. The second kappa shape index (κ2) is 9.88. The summed E-state index contributed by atoms with van der Waals surface area (Å²) in [5, 5.41) is 23.2. The van der Waals surface area contributed by atoms with Gasteiger partial charge in [-0.15, -0.1) is 0 Å². The van der Waals surface area contributed by atoms with Crippen LogP contribution < -0.4 is 10.2 Å². The van der Waals surface area contributed by atoms with Crippen molar-refractivity contribution in [1.29, 1.82) is 5.26 Å². The average molecular weight is 450 g/mol. The molecule has 0 unspecified atom stereocenters. The fourth-order valence-electron chi connectivity index (χ4n) is 3.95. The van der Waals surface area contributed by atoms with Gasteiger partial charge in [-0.2, -0.15) is 5.26 Å². The minimum absolute atomic E-state index is 0.311.